The highest BCUT2D eigenvalue weighted by Gasteiger charge is 2.49. The highest BCUT2D eigenvalue weighted by Crippen LogP contribution is 2.43. The Kier molecular flexibility index (Phi) is 5.84. The summed E-state index contributed by atoms with van der Waals surface area (Å²) in [7, 11) is 0. The third-order valence-electron chi connectivity index (χ3n) is 5.73. The van der Waals surface area contributed by atoms with Crippen LogP contribution in [0, 0.1) is 5.92 Å². The van der Waals surface area contributed by atoms with E-state index in [0.29, 0.717) is 11.1 Å². The molecule has 118 valence electrons. The molecule has 2 rings (SSSR count). The van der Waals surface area contributed by atoms with Gasteiger partial charge < -0.3 is 5.32 Å². The van der Waals surface area contributed by atoms with Gasteiger partial charge in [-0.3, -0.25) is 4.90 Å². The third-order valence-corrected chi connectivity index (χ3v) is 6.71. The molecule has 0 aromatic carbocycles. The number of nitrogens with zero attached hydrogens (tertiary/aromatic N) is 1. The van der Waals surface area contributed by atoms with Crippen LogP contribution in [0.5, 0.6) is 0 Å². The fourth-order valence-electron chi connectivity index (χ4n) is 3.86. The van der Waals surface area contributed by atoms with E-state index in [1.807, 2.05) is 0 Å². The van der Waals surface area contributed by atoms with E-state index in [2.05, 4.69) is 49.7 Å². The van der Waals surface area contributed by atoms with Gasteiger partial charge in [-0.05, 0) is 63.0 Å². The lowest BCUT2D eigenvalue weighted by Crippen LogP contribution is -2.69. The molecule has 1 N–H and O–H groups in total. The summed E-state index contributed by atoms with van der Waals surface area (Å²) >= 11 is 2.09. The van der Waals surface area contributed by atoms with Gasteiger partial charge in [0.15, 0.2) is 0 Å². The standard InChI is InChI=1S/C17H34N2S/c1-5-17(6-2)13-18-16(4,15-9-10-15)14-19(17)11-8-12-20-7-3/h15,18H,5-14H2,1-4H3. The minimum Gasteiger partial charge on any atom is -0.308 e. The largest absolute Gasteiger partial charge is 0.308 e. The van der Waals surface area contributed by atoms with Crippen molar-refractivity contribution < 1.29 is 0 Å². The Morgan fingerprint density at radius 1 is 1.20 bits per heavy atom. The van der Waals surface area contributed by atoms with E-state index in [1.54, 1.807) is 0 Å². The first-order chi connectivity index (χ1) is 9.60. The van der Waals surface area contributed by atoms with Gasteiger partial charge >= 0.3 is 0 Å². The van der Waals surface area contributed by atoms with Crippen molar-refractivity contribution in [2.75, 3.05) is 31.1 Å². The van der Waals surface area contributed by atoms with Gasteiger partial charge in [0.25, 0.3) is 0 Å². The van der Waals surface area contributed by atoms with Crippen LogP contribution in [0.3, 0.4) is 0 Å². The lowest BCUT2D eigenvalue weighted by atomic mass is 9.81. The van der Waals surface area contributed by atoms with Crippen molar-refractivity contribution in [3.05, 3.63) is 0 Å². The van der Waals surface area contributed by atoms with Gasteiger partial charge in [-0.25, -0.2) is 0 Å². The van der Waals surface area contributed by atoms with Gasteiger partial charge in [-0.1, -0.05) is 20.8 Å². The lowest BCUT2D eigenvalue weighted by Gasteiger charge is -2.54. The zero-order valence-electron chi connectivity index (χ0n) is 14.0. The fourth-order valence-corrected chi connectivity index (χ4v) is 4.48. The van der Waals surface area contributed by atoms with Crippen LogP contribution in [0.25, 0.3) is 0 Å². The molecule has 1 aliphatic heterocycles. The van der Waals surface area contributed by atoms with E-state index in [-0.39, 0.29) is 0 Å². The second kappa shape index (κ2) is 7.02. The molecule has 20 heavy (non-hydrogen) atoms. The monoisotopic (exact) mass is 298 g/mol. The highest BCUT2D eigenvalue weighted by atomic mass is 32.2. The number of hydrogen-bond acceptors (Lipinski definition) is 3. The normalized spacial score (nSPS) is 30.6. The molecular formula is C17H34N2S. The van der Waals surface area contributed by atoms with Crippen LogP contribution in [0.4, 0.5) is 0 Å². The molecule has 2 aliphatic rings. The Balaban J connectivity index is 1.98. The number of nitrogens with one attached hydrogen (secondary N) is 1. The number of thioether (sulfide) groups is 1. The fraction of sp³-hybridized carbons (Fsp3) is 1.00. The Morgan fingerprint density at radius 3 is 2.45 bits per heavy atom. The van der Waals surface area contributed by atoms with Gasteiger partial charge in [-0.2, -0.15) is 11.8 Å². The van der Waals surface area contributed by atoms with Crippen LogP contribution in [-0.4, -0.2) is 47.1 Å². The van der Waals surface area contributed by atoms with Crippen LogP contribution in [0.15, 0.2) is 0 Å². The van der Waals surface area contributed by atoms with Gasteiger partial charge in [0, 0.05) is 24.2 Å². The van der Waals surface area contributed by atoms with E-state index >= 15 is 0 Å². The Morgan fingerprint density at radius 2 is 1.90 bits per heavy atom. The smallest absolute Gasteiger partial charge is 0.0329 e. The Labute approximate surface area is 130 Å². The molecule has 0 aromatic heterocycles. The summed E-state index contributed by atoms with van der Waals surface area (Å²) in [6, 6.07) is 0. The van der Waals surface area contributed by atoms with E-state index in [0.717, 1.165) is 5.92 Å². The van der Waals surface area contributed by atoms with Gasteiger partial charge in [0.2, 0.25) is 0 Å². The van der Waals surface area contributed by atoms with Crippen molar-refractivity contribution in [3.8, 4) is 0 Å². The molecule has 0 amide bonds. The molecule has 1 heterocycles. The maximum absolute atomic E-state index is 3.93. The quantitative estimate of drug-likeness (QED) is 0.687. The summed E-state index contributed by atoms with van der Waals surface area (Å²) in [4.78, 5) is 2.85. The zero-order valence-corrected chi connectivity index (χ0v) is 14.8. The van der Waals surface area contributed by atoms with Gasteiger partial charge in [-0.15, -0.1) is 0 Å². The van der Waals surface area contributed by atoms with Crippen LogP contribution in [0.1, 0.15) is 59.8 Å². The van der Waals surface area contributed by atoms with E-state index in [4.69, 9.17) is 0 Å². The summed E-state index contributed by atoms with van der Waals surface area (Å²) < 4.78 is 0. The minimum atomic E-state index is 0.381. The molecule has 0 spiro atoms. The van der Waals surface area contributed by atoms with E-state index in [1.165, 1.54) is 63.2 Å². The molecule has 1 aliphatic carbocycles. The summed E-state index contributed by atoms with van der Waals surface area (Å²) in [6.07, 6.45) is 6.78. The van der Waals surface area contributed by atoms with Crippen LogP contribution in [-0.2, 0) is 0 Å². The molecule has 3 heteroatoms. The lowest BCUT2D eigenvalue weighted by molar-refractivity contribution is -0.00302. The van der Waals surface area contributed by atoms with E-state index in [9.17, 15) is 0 Å². The molecule has 1 saturated carbocycles. The maximum atomic E-state index is 3.93. The third kappa shape index (κ3) is 3.53. The van der Waals surface area contributed by atoms with Crippen molar-refractivity contribution in [2.24, 2.45) is 5.92 Å². The number of piperazine rings is 1. The minimum absolute atomic E-state index is 0.381. The highest BCUT2D eigenvalue weighted by molar-refractivity contribution is 7.99. The van der Waals surface area contributed by atoms with Crippen molar-refractivity contribution in [1.29, 1.82) is 0 Å². The second-order valence-corrected chi connectivity index (χ2v) is 8.34. The summed E-state index contributed by atoms with van der Waals surface area (Å²) in [6.45, 7) is 13.2. The van der Waals surface area contributed by atoms with Gasteiger partial charge in [0.1, 0.15) is 0 Å². The van der Waals surface area contributed by atoms with Gasteiger partial charge in [0.05, 0.1) is 0 Å². The number of hydrogen-bond donors (Lipinski definition) is 1. The summed E-state index contributed by atoms with van der Waals surface area (Å²) in [5.41, 5.74) is 0.789. The molecule has 1 unspecified atom stereocenters. The number of rotatable bonds is 8. The topological polar surface area (TPSA) is 15.3 Å². The first-order valence-corrected chi connectivity index (χ1v) is 9.83. The molecule has 2 fully saturated rings. The van der Waals surface area contributed by atoms with Crippen LogP contribution < -0.4 is 5.32 Å². The molecule has 0 bridgehead atoms. The summed E-state index contributed by atoms with van der Waals surface area (Å²) in [5.74, 6) is 3.51. The average molecular weight is 299 g/mol. The molecule has 1 saturated heterocycles. The Hall–Kier alpha value is 0.270. The zero-order chi connectivity index (χ0) is 14.6. The van der Waals surface area contributed by atoms with Crippen LogP contribution >= 0.6 is 11.8 Å². The van der Waals surface area contributed by atoms with Crippen molar-refractivity contribution in [1.82, 2.24) is 10.2 Å². The molecule has 2 nitrogen and oxygen atoms in total. The SMILES string of the molecule is CCSCCCN1CC(C)(C2CC2)NCC1(CC)CC. The molecular weight excluding hydrogens is 264 g/mol. The first kappa shape index (κ1) is 16.6. The van der Waals surface area contributed by atoms with E-state index < -0.39 is 0 Å². The predicted octanol–water partition coefficient (Wildman–Crippen LogP) is 3.76. The molecule has 0 radical (unpaired) electrons. The Bertz CT molecular complexity index is 299. The van der Waals surface area contributed by atoms with Crippen molar-refractivity contribution >= 4 is 11.8 Å². The molecule has 0 aromatic rings. The second-order valence-electron chi connectivity index (χ2n) is 6.95. The van der Waals surface area contributed by atoms with Crippen molar-refractivity contribution in [3.63, 3.8) is 0 Å². The predicted molar refractivity (Wildman–Crippen MR) is 91.6 cm³/mol. The van der Waals surface area contributed by atoms with Crippen LogP contribution in [0.2, 0.25) is 0 Å². The summed E-state index contributed by atoms with van der Waals surface area (Å²) in [5, 5.41) is 3.93. The average Bonchev–Trinajstić information content (AvgIpc) is 3.30. The maximum Gasteiger partial charge on any atom is 0.0329 e. The van der Waals surface area contributed by atoms with Crippen molar-refractivity contribution in [2.45, 2.75) is 70.9 Å². The molecule has 1 atom stereocenters. The first-order valence-electron chi connectivity index (χ1n) is 8.68.